The Morgan fingerprint density at radius 1 is 1.03 bits per heavy atom. The first-order valence-electron chi connectivity index (χ1n) is 10.9. The van der Waals surface area contributed by atoms with Crippen LogP contribution < -0.4 is 9.47 Å². The molecule has 0 unspecified atom stereocenters. The number of aromatic nitrogens is 1. The number of ether oxygens (including phenoxy) is 2. The maximum absolute atomic E-state index is 10.3. The number of methoxy groups -OCH3 is 2. The summed E-state index contributed by atoms with van der Waals surface area (Å²) in [4.78, 5) is 2.61. The van der Waals surface area contributed by atoms with E-state index in [1.807, 2.05) is 12.1 Å². The Balaban J connectivity index is 1.56. The van der Waals surface area contributed by atoms with Crippen molar-refractivity contribution >= 4 is 10.9 Å². The highest BCUT2D eigenvalue weighted by Crippen LogP contribution is 2.43. The molecule has 2 heterocycles. The van der Waals surface area contributed by atoms with Crippen molar-refractivity contribution in [1.82, 2.24) is 9.47 Å². The van der Waals surface area contributed by atoms with Crippen molar-refractivity contribution in [3.8, 4) is 17.2 Å². The van der Waals surface area contributed by atoms with Crippen molar-refractivity contribution in [3.05, 3.63) is 52.7 Å². The second-order valence-electron chi connectivity index (χ2n) is 8.62. The van der Waals surface area contributed by atoms with Crippen LogP contribution in [0.5, 0.6) is 17.2 Å². The van der Waals surface area contributed by atoms with Gasteiger partial charge in [-0.25, -0.2) is 0 Å². The van der Waals surface area contributed by atoms with Gasteiger partial charge in [-0.15, -0.1) is 0 Å². The lowest BCUT2D eigenvalue weighted by atomic mass is 9.90. The first-order valence-corrected chi connectivity index (χ1v) is 10.9. The zero-order valence-electron chi connectivity index (χ0n) is 18.1. The Kier molecular flexibility index (Phi) is 4.86. The molecule has 3 aromatic rings. The van der Waals surface area contributed by atoms with E-state index in [0.717, 1.165) is 31.6 Å². The molecule has 0 saturated heterocycles. The molecule has 0 radical (unpaired) electrons. The summed E-state index contributed by atoms with van der Waals surface area (Å²) in [5, 5.41) is 11.7. The second kappa shape index (κ2) is 7.55. The molecule has 1 aromatic heterocycles. The van der Waals surface area contributed by atoms with Gasteiger partial charge in [-0.05, 0) is 68.0 Å². The molecule has 1 N–H and O–H groups in total. The van der Waals surface area contributed by atoms with Gasteiger partial charge in [-0.3, -0.25) is 4.90 Å². The average Bonchev–Trinajstić information content (AvgIpc) is 2.94. The minimum atomic E-state index is 0.0649. The molecule has 5 nitrogen and oxygen atoms in total. The summed E-state index contributed by atoms with van der Waals surface area (Å²) in [5.74, 6) is 0.997. The number of benzene rings is 2. The molecule has 1 atom stereocenters. The molecule has 1 aliphatic heterocycles. The summed E-state index contributed by atoms with van der Waals surface area (Å²) in [6.45, 7) is 5.14. The third-order valence-corrected chi connectivity index (χ3v) is 6.78. The fraction of sp³-hybridized carbons (Fsp3) is 0.440. The Hall–Kier alpha value is -2.66. The van der Waals surface area contributed by atoms with Crippen LogP contribution in [-0.4, -0.2) is 35.3 Å². The fourth-order valence-electron chi connectivity index (χ4n) is 5.46. The number of fused-ring (bicyclic) bond motifs is 3. The summed E-state index contributed by atoms with van der Waals surface area (Å²) in [6.07, 6.45) is 4.72. The molecule has 0 spiro atoms. The summed E-state index contributed by atoms with van der Waals surface area (Å²) in [5.41, 5.74) is 6.91. The van der Waals surface area contributed by atoms with Crippen molar-refractivity contribution in [2.24, 2.45) is 0 Å². The van der Waals surface area contributed by atoms with Crippen LogP contribution in [0.3, 0.4) is 0 Å². The smallest absolute Gasteiger partial charge is 0.200 e. The highest BCUT2D eigenvalue weighted by Gasteiger charge is 2.33. The molecular weight excluding hydrogens is 376 g/mol. The molecule has 0 saturated carbocycles. The van der Waals surface area contributed by atoms with E-state index in [1.54, 1.807) is 19.8 Å². The average molecular weight is 407 g/mol. The van der Waals surface area contributed by atoms with E-state index in [1.165, 1.54) is 41.4 Å². The number of hydrogen-bond acceptors (Lipinski definition) is 4. The number of hydrogen-bond donors (Lipinski definition) is 1. The third kappa shape index (κ3) is 3.03. The van der Waals surface area contributed by atoms with E-state index < -0.39 is 0 Å². The standard InChI is InChI=1S/C25H30N2O3/c1-16-8-9-20-19(12-16)18-6-4-7-21-24(18)27(20)11-5-10-26(21)15-17-13-22(29-2)25(28)23(14-17)30-3/h8-9,12-14,21,28H,4-7,10-11,15H2,1-3H3/t21-/m1/s1. The summed E-state index contributed by atoms with van der Waals surface area (Å²) >= 11 is 0. The van der Waals surface area contributed by atoms with Gasteiger partial charge in [0.05, 0.1) is 20.3 Å². The zero-order chi connectivity index (χ0) is 20.8. The minimum absolute atomic E-state index is 0.0649. The van der Waals surface area contributed by atoms with Crippen LogP contribution >= 0.6 is 0 Å². The van der Waals surface area contributed by atoms with Crippen molar-refractivity contribution in [2.75, 3.05) is 20.8 Å². The lowest BCUT2D eigenvalue weighted by Crippen LogP contribution is -2.31. The van der Waals surface area contributed by atoms with E-state index in [4.69, 9.17) is 9.47 Å². The second-order valence-corrected chi connectivity index (χ2v) is 8.62. The zero-order valence-corrected chi connectivity index (χ0v) is 18.1. The number of nitrogens with zero attached hydrogens (tertiary/aromatic N) is 2. The fourth-order valence-corrected chi connectivity index (χ4v) is 5.46. The monoisotopic (exact) mass is 406 g/mol. The number of rotatable bonds is 4. The highest BCUT2D eigenvalue weighted by molar-refractivity contribution is 5.87. The Labute approximate surface area is 177 Å². The molecule has 5 heteroatoms. The van der Waals surface area contributed by atoms with Gasteiger partial charge < -0.3 is 19.1 Å². The molecular formula is C25H30N2O3. The first kappa shape index (κ1) is 19.3. The molecule has 1 aliphatic carbocycles. The first-order chi connectivity index (χ1) is 14.6. The molecule has 5 rings (SSSR count). The predicted molar refractivity (Wildman–Crippen MR) is 119 cm³/mol. The van der Waals surface area contributed by atoms with Gasteiger partial charge in [0, 0.05) is 36.2 Å². The third-order valence-electron chi connectivity index (χ3n) is 6.78. The van der Waals surface area contributed by atoms with Gasteiger partial charge in [0.15, 0.2) is 11.5 Å². The molecule has 0 amide bonds. The number of aryl methyl sites for hydroxylation is 3. The SMILES string of the molecule is COc1cc(CN2CCCn3c4c(c5cc(C)ccc53)CCC[C@H]42)cc(OC)c1O. The van der Waals surface area contributed by atoms with Crippen LogP contribution in [-0.2, 0) is 19.5 Å². The van der Waals surface area contributed by atoms with Crippen LogP contribution in [0.2, 0.25) is 0 Å². The number of phenols is 1. The largest absolute Gasteiger partial charge is 0.502 e. The van der Waals surface area contributed by atoms with Crippen molar-refractivity contribution in [3.63, 3.8) is 0 Å². The summed E-state index contributed by atoms with van der Waals surface area (Å²) in [6, 6.07) is 11.2. The van der Waals surface area contributed by atoms with Crippen LogP contribution in [0.25, 0.3) is 10.9 Å². The van der Waals surface area contributed by atoms with Crippen LogP contribution in [0.1, 0.15) is 47.7 Å². The topological polar surface area (TPSA) is 46.9 Å². The number of aromatic hydroxyl groups is 1. The predicted octanol–water partition coefficient (Wildman–Crippen LogP) is 4.96. The Morgan fingerprint density at radius 2 is 1.80 bits per heavy atom. The molecule has 30 heavy (non-hydrogen) atoms. The molecule has 0 bridgehead atoms. The van der Waals surface area contributed by atoms with Gasteiger partial charge in [-0.1, -0.05) is 11.6 Å². The maximum Gasteiger partial charge on any atom is 0.200 e. The molecule has 158 valence electrons. The van der Waals surface area contributed by atoms with Gasteiger partial charge >= 0.3 is 0 Å². The molecule has 0 fully saturated rings. The summed E-state index contributed by atoms with van der Waals surface area (Å²) in [7, 11) is 3.16. The Bertz CT molecular complexity index is 1070. The van der Waals surface area contributed by atoms with Crippen molar-refractivity contribution in [2.45, 2.75) is 51.7 Å². The van der Waals surface area contributed by atoms with Crippen LogP contribution in [0, 0.1) is 6.92 Å². The van der Waals surface area contributed by atoms with E-state index >= 15 is 0 Å². The van der Waals surface area contributed by atoms with E-state index in [9.17, 15) is 5.11 Å². The van der Waals surface area contributed by atoms with Crippen LogP contribution in [0.15, 0.2) is 30.3 Å². The van der Waals surface area contributed by atoms with E-state index in [2.05, 4.69) is 34.6 Å². The highest BCUT2D eigenvalue weighted by atomic mass is 16.5. The van der Waals surface area contributed by atoms with E-state index in [0.29, 0.717) is 17.5 Å². The van der Waals surface area contributed by atoms with Crippen molar-refractivity contribution in [1.29, 1.82) is 0 Å². The van der Waals surface area contributed by atoms with E-state index in [-0.39, 0.29) is 5.75 Å². The van der Waals surface area contributed by atoms with Crippen LogP contribution in [0.4, 0.5) is 0 Å². The minimum Gasteiger partial charge on any atom is -0.502 e. The van der Waals surface area contributed by atoms with Crippen molar-refractivity contribution < 1.29 is 14.6 Å². The normalized spacial score (nSPS) is 18.8. The lowest BCUT2D eigenvalue weighted by molar-refractivity contribution is 0.173. The van der Waals surface area contributed by atoms with Gasteiger partial charge in [0.1, 0.15) is 0 Å². The Morgan fingerprint density at radius 3 is 2.53 bits per heavy atom. The van der Waals surface area contributed by atoms with Gasteiger partial charge in [0.2, 0.25) is 5.75 Å². The molecule has 2 aromatic carbocycles. The van der Waals surface area contributed by atoms with Gasteiger partial charge in [-0.2, -0.15) is 0 Å². The summed E-state index contributed by atoms with van der Waals surface area (Å²) < 4.78 is 13.3. The van der Waals surface area contributed by atoms with Gasteiger partial charge in [0.25, 0.3) is 0 Å². The molecule has 2 aliphatic rings. The lowest BCUT2D eigenvalue weighted by Gasteiger charge is -2.34. The maximum atomic E-state index is 10.3. The quantitative estimate of drug-likeness (QED) is 0.666. The number of phenolic OH excluding ortho intramolecular Hbond substituents is 1.